The highest BCUT2D eigenvalue weighted by atomic mass is 35.5. The van der Waals surface area contributed by atoms with Gasteiger partial charge in [0.05, 0.1) is 17.8 Å². The second-order valence-corrected chi connectivity index (χ2v) is 9.30. The maximum absolute atomic E-state index is 13.2. The third-order valence-electron chi connectivity index (χ3n) is 5.31. The first-order valence-electron chi connectivity index (χ1n) is 9.34. The first-order valence-corrected chi connectivity index (χ1v) is 11.2. The van der Waals surface area contributed by atoms with Gasteiger partial charge in [-0.15, -0.1) is 0 Å². The molecule has 0 aliphatic carbocycles. The van der Waals surface area contributed by atoms with Gasteiger partial charge in [0.25, 0.3) is 0 Å². The SMILES string of the molecule is O=C(C=Cc1ccco1)N1CCC2(CC1)OCCN2S(=O)(=O)c1ccc(Cl)cc1. The zero-order valence-electron chi connectivity index (χ0n) is 15.7. The number of carbonyl (C=O) groups excluding carboxylic acids is 1. The van der Waals surface area contributed by atoms with Crippen LogP contribution in [0.25, 0.3) is 6.08 Å². The van der Waals surface area contributed by atoms with Crippen LogP contribution in [-0.2, 0) is 19.6 Å². The van der Waals surface area contributed by atoms with Gasteiger partial charge < -0.3 is 14.1 Å². The number of ether oxygens (including phenoxy) is 1. The van der Waals surface area contributed by atoms with Crippen molar-refractivity contribution in [2.75, 3.05) is 26.2 Å². The van der Waals surface area contributed by atoms with Crippen LogP contribution in [0.4, 0.5) is 0 Å². The molecule has 3 heterocycles. The number of hydrogen-bond donors (Lipinski definition) is 0. The van der Waals surface area contributed by atoms with E-state index in [1.54, 1.807) is 41.5 Å². The van der Waals surface area contributed by atoms with Gasteiger partial charge in [-0.1, -0.05) is 11.6 Å². The molecule has 1 spiro atoms. The van der Waals surface area contributed by atoms with E-state index in [-0.39, 0.29) is 17.3 Å². The lowest BCUT2D eigenvalue weighted by molar-refractivity contribution is -0.135. The molecule has 2 saturated heterocycles. The number of carbonyl (C=O) groups is 1. The first-order chi connectivity index (χ1) is 13.9. The lowest BCUT2D eigenvalue weighted by Crippen LogP contribution is -2.55. The monoisotopic (exact) mass is 436 g/mol. The average molecular weight is 437 g/mol. The summed E-state index contributed by atoms with van der Waals surface area (Å²) >= 11 is 5.89. The molecule has 4 rings (SSSR count). The Labute approximate surface area is 174 Å². The van der Waals surface area contributed by atoms with E-state index in [0.29, 0.717) is 43.3 Å². The second kappa shape index (κ2) is 7.95. The number of halogens is 1. The van der Waals surface area contributed by atoms with E-state index in [0.717, 1.165) is 0 Å². The summed E-state index contributed by atoms with van der Waals surface area (Å²) in [6.45, 7) is 1.44. The summed E-state index contributed by atoms with van der Waals surface area (Å²) in [6, 6.07) is 9.64. The fourth-order valence-electron chi connectivity index (χ4n) is 3.78. The van der Waals surface area contributed by atoms with Crippen molar-refractivity contribution in [1.82, 2.24) is 9.21 Å². The molecule has 1 aromatic carbocycles. The minimum atomic E-state index is -3.72. The molecule has 0 atom stereocenters. The van der Waals surface area contributed by atoms with Gasteiger partial charge in [0.2, 0.25) is 15.9 Å². The van der Waals surface area contributed by atoms with Crippen LogP contribution in [0.5, 0.6) is 0 Å². The van der Waals surface area contributed by atoms with E-state index in [1.165, 1.54) is 22.5 Å². The Hall–Kier alpha value is -2.13. The van der Waals surface area contributed by atoms with Crippen LogP contribution in [0.1, 0.15) is 18.6 Å². The van der Waals surface area contributed by atoms with Gasteiger partial charge in [0.15, 0.2) is 0 Å². The second-order valence-electron chi connectivity index (χ2n) is 7.00. The predicted octanol–water partition coefficient (Wildman–Crippen LogP) is 2.99. The zero-order valence-corrected chi connectivity index (χ0v) is 17.2. The van der Waals surface area contributed by atoms with Crippen molar-refractivity contribution in [3.05, 3.63) is 59.5 Å². The number of nitrogens with zero attached hydrogens (tertiary/aromatic N) is 2. The quantitative estimate of drug-likeness (QED) is 0.688. The maximum atomic E-state index is 13.2. The van der Waals surface area contributed by atoms with Crippen LogP contribution in [0, 0.1) is 0 Å². The van der Waals surface area contributed by atoms with Crippen LogP contribution < -0.4 is 0 Å². The molecule has 2 aromatic rings. The summed E-state index contributed by atoms with van der Waals surface area (Å²) in [5.41, 5.74) is -0.917. The molecule has 2 aliphatic rings. The fraction of sp³-hybridized carbons (Fsp3) is 0.350. The first kappa shape index (κ1) is 20.2. The summed E-state index contributed by atoms with van der Waals surface area (Å²) < 4.78 is 38.9. The van der Waals surface area contributed by atoms with Gasteiger partial charge in [0, 0.05) is 43.6 Å². The number of piperidine rings is 1. The van der Waals surface area contributed by atoms with Crippen LogP contribution in [-0.4, -0.2) is 55.5 Å². The molecule has 29 heavy (non-hydrogen) atoms. The highest BCUT2D eigenvalue weighted by Crippen LogP contribution is 2.38. The normalized spacial score (nSPS) is 20.0. The zero-order chi connectivity index (χ0) is 20.5. The number of benzene rings is 1. The van der Waals surface area contributed by atoms with E-state index < -0.39 is 15.7 Å². The molecular formula is C20H21ClN2O5S. The fourth-order valence-corrected chi connectivity index (χ4v) is 5.63. The number of sulfonamides is 1. The van der Waals surface area contributed by atoms with E-state index in [2.05, 4.69) is 0 Å². The van der Waals surface area contributed by atoms with Crippen molar-refractivity contribution in [3.8, 4) is 0 Å². The Morgan fingerprint density at radius 3 is 2.48 bits per heavy atom. The number of rotatable bonds is 4. The molecule has 2 fully saturated rings. The standard InChI is InChI=1S/C20H21ClN2O5S/c21-16-3-6-18(7-4-16)29(25,26)23-13-15-28-20(23)9-11-22(12-10-20)19(24)8-5-17-2-1-14-27-17/h1-8,14H,9-13,15H2. The summed E-state index contributed by atoms with van der Waals surface area (Å²) in [5, 5.41) is 0.478. The summed E-state index contributed by atoms with van der Waals surface area (Å²) in [6.07, 6.45) is 5.47. The molecule has 154 valence electrons. The largest absolute Gasteiger partial charge is 0.465 e. The molecule has 9 heteroatoms. The minimum Gasteiger partial charge on any atom is -0.465 e. The lowest BCUT2D eigenvalue weighted by Gasteiger charge is -2.42. The van der Waals surface area contributed by atoms with Crippen molar-refractivity contribution in [2.24, 2.45) is 0 Å². The van der Waals surface area contributed by atoms with Crippen LogP contribution in [0.15, 0.2) is 58.1 Å². The topological polar surface area (TPSA) is 80.1 Å². The molecule has 0 saturated carbocycles. The Kier molecular flexibility index (Phi) is 5.52. The van der Waals surface area contributed by atoms with Crippen molar-refractivity contribution in [2.45, 2.75) is 23.5 Å². The Balaban J connectivity index is 1.46. The minimum absolute atomic E-state index is 0.138. The van der Waals surface area contributed by atoms with Gasteiger partial charge in [-0.25, -0.2) is 8.42 Å². The highest BCUT2D eigenvalue weighted by molar-refractivity contribution is 7.89. The number of likely N-dealkylation sites (tertiary alicyclic amines) is 1. The molecule has 1 amide bonds. The average Bonchev–Trinajstić information content (AvgIpc) is 3.37. The molecule has 7 nitrogen and oxygen atoms in total. The van der Waals surface area contributed by atoms with Gasteiger partial charge in [-0.05, 0) is 42.5 Å². The molecule has 0 unspecified atom stereocenters. The van der Waals surface area contributed by atoms with Crippen LogP contribution in [0.3, 0.4) is 0 Å². The Bertz CT molecular complexity index is 994. The van der Waals surface area contributed by atoms with Gasteiger partial charge in [0.1, 0.15) is 11.5 Å². The predicted molar refractivity (Wildman–Crippen MR) is 108 cm³/mol. The van der Waals surface area contributed by atoms with Crippen molar-refractivity contribution >= 4 is 33.6 Å². The van der Waals surface area contributed by atoms with Crippen molar-refractivity contribution in [3.63, 3.8) is 0 Å². The third-order valence-corrected chi connectivity index (χ3v) is 7.53. The molecule has 0 N–H and O–H groups in total. The molecule has 2 aliphatic heterocycles. The molecule has 1 aromatic heterocycles. The summed E-state index contributed by atoms with van der Waals surface area (Å²) in [5.74, 6) is 0.465. The molecule has 0 radical (unpaired) electrons. The van der Waals surface area contributed by atoms with Gasteiger partial charge in [-0.3, -0.25) is 4.79 Å². The lowest BCUT2D eigenvalue weighted by atomic mass is 10.0. The number of amides is 1. The van der Waals surface area contributed by atoms with E-state index in [1.807, 2.05) is 0 Å². The smallest absolute Gasteiger partial charge is 0.246 e. The molecule has 0 bridgehead atoms. The molecular weight excluding hydrogens is 416 g/mol. The Morgan fingerprint density at radius 2 is 1.83 bits per heavy atom. The van der Waals surface area contributed by atoms with E-state index in [4.69, 9.17) is 20.8 Å². The van der Waals surface area contributed by atoms with Gasteiger partial charge in [-0.2, -0.15) is 4.31 Å². The van der Waals surface area contributed by atoms with Crippen LogP contribution >= 0.6 is 11.6 Å². The Morgan fingerprint density at radius 1 is 1.10 bits per heavy atom. The van der Waals surface area contributed by atoms with E-state index >= 15 is 0 Å². The van der Waals surface area contributed by atoms with Gasteiger partial charge >= 0.3 is 0 Å². The third kappa shape index (κ3) is 3.98. The maximum Gasteiger partial charge on any atom is 0.246 e. The summed E-state index contributed by atoms with van der Waals surface area (Å²) in [4.78, 5) is 14.3. The van der Waals surface area contributed by atoms with E-state index in [9.17, 15) is 13.2 Å². The number of furan rings is 1. The van der Waals surface area contributed by atoms with Crippen molar-refractivity contribution < 1.29 is 22.4 Å². The highest BCUT2D eigenvalue weighted by Gasteiger charge is 2.50. The van der Waals surface area contributed by atoms with Crippen LogP contribution in [0.2, 0.25) is 5.02 Å². The number of hydrogen-bond acceptors (Lipinski definition) is 5. The summed E-state index contributed by atoms with van der Waals surface area (Å²) in [7, 11) is -3.72. The van der Waals surface area contributed by atoms with Crippen molar-refractivity contribution in [1.29, 1.82) is 0 Å².